The minimum Gasteiger partial charge on any atom is -0.369 e. The first-order valence-electron chi connectivity index (χ1n) is 11.7. The normalized spacial score (nSPS) is 24.8. The summed E-state index contributed by atoms with van der Waals surface area (Å²) in [6.45, 7) is 2.95. The van der Waals surface area contributed by atoms with E-state index in [1.165, 1.54) is 0 Å². The van der Waals surface area contributed by atoms with Crippen molar-refractivity contribution in [1.29, 1.82) is 0 Å². The van der Waals surface area contributed by atoms with Gasteiger partial charge in [-0.3, -0.25) is 4.79 Å². The number of sulfone groups is 1. The molecular formula is C25H24F7NO4S. The predicted octanol–water partition coefficient (Wildman–Crippen LogP) is 5.09. The number of rotatable bonds is 5. The Hall–Kier alpha value is -2.67. The van der Waals surface area contributed by atoms with Crippen molar-refractivity contribution in [3.05, 3.63) is 65.5 Å². The summed E-state index contributed by atoms with van der Waals surface area (Å²) in [6.07, 6.45) is -12.0. The Labute approximate surface area is 214 Å². The maximum Gasteiger partial charge on any atom is 0.430 e. The van der Waals surface area contributed by atoms with Gasteiger partial charge in [-0.25, -0.2) is 12.8 Å². The maximum absolute atomic E-state index is 13.7. The number of benzene rings is 2. The molecule has 2 aromatic rings. The summed E-state index contributed by atoms with van der Waals surface area (Å²) < 4.78 is 119. The Bertz CT molecular complexity index is 1290. The molecule has 0 bridgehead atoms. The van der Waals surface area contributed by atoms with Gasteiger partial charge in [-0.05, 0) is 55.0 Å². The van der Waals surface area contributed by atoms with E-state index in [0.717, 1.165) is 42.8 Å². The Morgan fingerprint density at radius 2 is 1.47 bits per heavy atom. The fraction of sp³-hybridized carbons (Fsp3) is 0.480. The van der Waals surface area contributed by atoms with Gasteiger partial charge in [0.25, 0.3) is 5.60 Å². The van der Waals surface area contributed by atoms with E-state index in [1.54, 1.807) is 4.90 Å². The maximum atomic E-state index is 13.7. The van der Waals surface area contributed by atoms with Crippen LogP contribution in [-0.4, -0.2) is 49.8 Å². The number of nitrogens with zero attached hydrogens (tertiary/aromatic N) is 1. The zero-order valence-corrected chi connectivity index (χ0v) is 20.8. The van der Waals surface area contributed by atoms with Gasteiger partial charge in [-0.2, -0.15) is 26.3 Å². The third-order valence-electron chi connectivity index (χ3n) is 7.52. The largest absolute Gasteiger partial charge is 0.430 e. The SMILES string of the molecule is CC1CCN(C(=O)C2CC(c3ccc(C(O)(C(F)(F)F)C(F)(F)F)cc3)(S(=O)(=O)c3ccc(F)cc3)C2)C1. The summed E-state index contributed by atoms with van der Waals surface area (Å²) in [5.41, 5.74) is -6.85. The zero-order chi connectivity index (χ0) is 28.3. The van der Waals surface area contributed by atoms with Crippen LogP contribution < -0.4 is 0 Å². The minimum atomic E-state index is -6.11. The van der Waals surface area contributed by atoms with Gasteiger partial charge in [-0.15, -0.1) is 0 Å². The highest BCUT2D eigenvalue weighted by molar-refractivity contribution is 7.92. The quantitative estimate of drug-likeness (QED) is 0.404. The molecule has 1 amide bonds. The molecule has 5 nitrogen and oxygen atoms in total. The van der Waals surface area contributed by atoms with Crippen LogP contribution in [0.15, 0.2) is 53.4 Å². The van der Waals surface area contributed by atoms with Crippen LogP contribution in [0.25, 0.3) is 0 Å². The van der Waals surface area contributed by atoms with Crippen LogP contribution in [0.5, 0.6) is 0 Å². The van der Waals surface area contributed by atoms with E-state index in [2.05, 4.69) is 0 Å². The average Bonchev–Trinajstić information content (AvgIpc) is 3.23. The Balaban J connectivity index is 1.75. The first kappa shape index (κ1) is 28.3. The summed E-state index contributed by atoms with van der Waals surface area (Å²) in [5, 5.41) is 9.69. The highest BCUT2D eigenvalue weighted by Crippen LogP contribution is 2.56. The van der Waals surface area contributed by atoms with Gasteiger partial charge in [0.1, 0.15) is 10.6 Å². The molecule has 1 saturated heterocycles. The number of halogens is 7. The van der Waals surface area contributed by atoms with Crippen molar-refractivity contribution in [3.8, 4) is 0 Å². The van der Waals surface area contributed by atoms with Crippen molar-refractivity contribution >= 4 is 15.7 Å². The molecular weight excluding hydrogens is 543 g/mol. The lowest BCUT2D eigenvalue weighted by molar-refractivity contribution is -0.376. The van der Waals surface area contributed by atoms with Crippen molar-refractivity contribution in [2.75, 3.05) is 13.1 Å². The van der Waals surface area contributed by atoms with Crippen LogP contribution in [0.2, 0.25) is 0 Å². The van der Waals surface area contributed by atoms with Crippen LogP contribution in [-0.2, 0) is 25.0 Å². The number of hydrogen-bond acceptors (Lipinski definition) is 4. The fourth-order valence-corrected chi connectivity index (χ4v) is 7.49. The second-order valence-corrected chi connectivity index (χ2v) is 12.3. The summed E-state index contributed by atoms with van der Waals surface area (Å²) in [7, 11) is -4.38. The van der Waals surface area contributed by atoms with Crippen molar-refractivity contribution in [2.45, 2.75) is 53.8 Å². The molecule has 208 valence electrons. The Morgan fingerprint density at radius 3 is 1.92 bits per heavy atom. The van der Waals surface area contributed by atoms with Crippen LogP contribution >= 0.6 is 0 Å². The third kappa shape index (κ3) is 4.37. The summed E-state index contributed by atoms with van der Waals surface area (Å²) in [5.74, 6) is -1.47. The Morgan fingerprint density at radius 1 is 0.947 bits per heavy atom. The van der Waals surface area contributed by atoms with Gasteiger partial charge in [0, 0.05) is 24.6 Å². The number of alkyl halides is 6. The number of amides is 1. The van der Waals surface area contributed by atoms with Crippen molar-refractivity contribution in [3.63, 3.8) is 0 Å². The van der Waals surface area contributed by atoms with Gasteiger partial charge < -0.3 is 10.0 Å². The van der Waals surface area contributed by atoms with Gasteiger partial charge >= 0.3 is 12.4 Å². The summed E-state index contributed by atoms with van der Waals surface area (Å²) in [4.78, 5) is 14.3. The lowest BCUT2D eigenvalue weighted by Crippen LogP contribution is -2.54. The number of carbonyl (C=O) groups is 1. The average molecular weight is 568 g/mol. The first-order chi connectivity index (χ1) is 17.4. The molecule has 2 aliphatic rings. The molecule has 13 heteroatoms. The van der Waals surface area contributed by atoms with E-state index < -0.39 is 49.8 Å². The molecule has 0 spiro atoms. The smallest absolute Gasteiger partial charge is 0.369 e. The first-order valence-corrected chi connectivity index (χ1v) is 13.2. The molecule has 0 aromatic heterocycles. The zero-order valence-electron chi connectivity index (χ0n) is 20.0. The highest BCUT2D eigenvalue weighted by atomic mass is 32.2. The summed E-state index contributed by atoms with van der Waals surface area (Å²) >= 11 is 0. The van der Waals surface area contributed by atoms with E-state index in [0.29, 0.717) is 25.2 Å². The van der Waals surface area contributed by atoms with Crippen LogP contribution in [0.1, 0.15) is 37.3 Å². The molecule has 0 radical (unpaired) electrons. The molecule has 1 saturated carbocycles. The van der Waals surface area contributed by atoms with E-state index in [9.17, 15) is 49.1 Å². The third-order valence-corrected chi connectivity index (χ3v) is 10.0. The predicted molar refractivity (Wildman–Crippen MR) is 121 cm³/mol. The van der Waals surface area contributed by atoms with Crippen molar-refractivity contribution in [1.82, 2.24) is 4.90 Å². The standard InChI is InChI=1S/C25H24F7NO4S/c1-15-10-11-33(14-15)21(34)16-12-22(13-16,38(36,37)20-8-6-19(26)7-9-20)17-2-4-18(5-3-17)23(35,24(27,28)29)25(30,31)32/h2-9,15-16,35H,10-14H2,1H3. The molecule has 1 atom stereocenters. The van der Waals surface area contributed by atoms with Crippen molar-refractivity contribution < 1.29 is 49.1 Å². The van der Waals surface area contributed by atoms with Gasteiger partial charge in [-0.1, -0.05) is 31.2 Å². The number of likely N-dealkylation sites (tertiary alicyclic amines) is 1. The monoisotopic (exact) mass is 567 g/mol. The number of carbonyl (C=O) groups excluding carboxylic acids is 1. The van der Waals surface area contributed by atoms with Gasteiger partial charge in [0.2, 0.25) is 5.91 Å². The Kier molecular flexibility index (Phi) is 6.87. The van der Waals surface area contributed by atoms with Gasteiger partial charge in [0.15, 0.2) is 9.84 Å². The van der Waals surface area contributed by atoms with E-state index in [-0.39, 0.29) is 35.1 Å². The highest BCUT2D eigenvalue weighted by Gasteiger charge is 2.71. The molecule has 1 aliphatic heterocycles. The molecule has 2 aromatic carbocycles. The molecule has 2 fully saturated rings. The van der Waals surface area contributed by atoms with E-state index >= 15 is 0 Å². The van der Waals surface area contributed by atoms with Crippen LogP contribution in [0, 0.1) is 17.7 Å². The lowest BCUT2D eigenvalue weighted by atomic mass is 9.69. The topological polar surface area (TPSA) is 74.7 Å². The molecule has 38 heavy (non-hydrogen) atoms. The number of hydrogen-bond donors (Lipinski definition) is 1. The van der Waals surface area contributed by atoms with Crippen LogP contribution in [0.3, 0.4) is 0 Å². The summed E-state index contributed by atoms with van der Waals surface area (Å²) in [6, 6.07) is 6.17. The minimum absolute atomic E-state index is 0.142. The molecule has 1 unspecified atom stereocenters. The molecule has 1 heterocycles. The number of aliphatic hydroxyl groups is 1. The van der Waals surface area contributed by atoms with Crippen LogP contribution in [0.4, 0.5) is 30.7 Å². The molecule has 4 rings (SSSR count). The fourth-order valence-electron chi connectivity index (χ4n) is 5.26. The molecule has 1 N–H and O–H groups in total. The lowest BCUT2D eigenvalue weighted by Gasteiger charge is -2.47. The van der Waals surface area contributed by atoms with Crippen molar-refractivity contribution in [2.24, 2.45) is 11.8 Å². The van der Waals surface area contributed by atoms with E-state index in [1.807, 2.05) is 6.92 Å². The van der Waals surface area contributed by atoms with E-state index in [4.69, 9.17) is 0 Å². The van der Waals surface area contributed by atoms with Gasteiger partial charge in [0.05, 0.1) is 4.90 Å². The second kappa shape index (κ2) is 9.22. The molecule has 1 aliphatic carbocycles. The second-order valence-electron chi connectivity index (χ2n) is 10.0.